The number of nitrogens with two attached hydrogens (primary N) is 1. The normalized spacial score (nSPS) is 16.1. The maximum Gasteiger partial charge on any atom is 0.251 e. The van der Waals surface area contributed by atoms with Crippen LogP contribution in [0.4, 0.5) is 4.39 Å². The van der Waals surface area contributed by atoms with E-state index in [0.29, 0.717) is 12.4 Å². The van der Waals surface area contributed by atoms with Gasteiger partial charge in [-0.05, 0) is 56.8 Å². The van der Waals surface area contributed by atoms with Gasteiger partial charge in [0.15, 0.2) is 0 Å². The van der Waals surface area contributed by atoms with Gasteiger partial charge in [0.05, 0.1) is 12.2 Å². The van der Waals surface area contributed by atoms with E-state index in [1.54, 1.807) is 6.07 Å². The van der Waals surface area contributed by atoms with Crippen molar-refractivity contribution in [3.8, 4) is 5.75 Å². The number of primary amides is 1. The summed E-state index contributed by atoms with van der Waals surface area (Å²) in [5.41, 5.74) is 4.94. The number of benzene rings is 1. The van der Waals surface area contributed by atoms with Crippen LogP contribution in [0.2, 0.25) is 0 Å². The van der Waals surface area contributed by atoms with E-state index in [0.717, 1.165) is 31.8 Å². The van der Waals surface area contributed by atoms with Crippen molar-refractivity contribution in [2.45, 2.75) is 25.7 Å². The molecule has 1 saturated heterocycles. The second kappa shape index (κ2) is 7.24. The van der Waals surface area contributed by atoms with Crippen molar-refractivity contribution in [1.29, 1.82) is 0 Å². The summed E-state index contributed by atoms with van der Waals surface area (Å²) in [4.78, 5) is 10.9. The molecule has 0 bridgehead atoms. The molecule has 0 spiro atoms. The Morgan fingerprint density at radius 1 is 1.40 bits per heavy atom. The molecule has 0 aliphatic carbocycles. The predicted molar refractivity (Wildman–Crippen MR) is 75.2 cm³/mol. The molecular formula is C15H21FN2O2. The highest BCUT2D eigenvalue weighted by atomic mass is 19.1. The van der Waals surface area contributed by atoms with Gasteiger partial charge in [-0.25, -0.2) is 4.39 Å². The second-order valence-electron chi connectivity index (χ2n) is 5.19. The Bertz CT molecular complexity index is 459. The Kier molecular flexibility index (Phi) is 5.35. The van der Waals surface area contributed by atoms with Crippen LogP contribution in [0.25, 0.3) is 0 Å². The summed E-state index contributed by atoms with van der Waals surface area (Å²) in [7, 11) is 0. The van der Waals surface area contributed by atoms with Gasteiger partial charge in [-0.1, -0.05) is 0 Å². The minimum absolute atomic E-state index is 0.105. The third kappa shape index (κ3) is 4.20. The van der Waals surface area contributed by atoms with Gasteiger partial charge in [0.2, 0.25) is 0 Å². The molecule has 5 heteroatoms. The number of hydrogen-bond donors (Lipinski definition) is 2. The zero-order chi connectivity index (χ0) is 14.4. The zero-order valence-corrected chi connectivity index (χ0v) is 11.5. The zero-order valence-electron chi connectivity index (χ0n) is 11.5. The van der Waals surface area contributed by atoms with Gasteiger partial charge >= 0.3 is 0 Å². The van der Waals surface area contributed by atoms with Crippen LogP contribution in [0.3, 0.4) is 0 Å². The molecule has 1 amide bonds. The van der Waals surface area contributed by atoms with Crippen LogP contribution in [0.1, 0.15) is 36.0 Å². The summed E-state index contributed by atoms with van der Waals surface area (Å²) in [6.45, 7) is 2.77. The van der Waals surface area contributed by atoms with Gasteiger partial charge in [-0.3, -0.25) is 4.79 Å². The van der Waals surface area contributed by atoms with Crippen molar-refractivity contribution in [2.75, 3.05) is 19.7 Å². The molecule has 20 heavy (non-hydrogen) atoms. The van der Waals surface area contributed by atoms with Gasteiger partial charge in [0.25, 0.3) is 5.91 Å². The minimum Gasteiger partial charge on any atom is -0.493 e. The lowest BCUT2D eigenvalue weighted by Gasteiger charge is -2.22. The number of hydrogen-bond acceptors (Lipinski definition) is 3. The number of amides is 1. The average molecular weight is 280 g/mol. The van der Waals surface area contributed by atoms with Gasteiger partial charge in [0.1, 0.15) is 11.6 Å². The molecule has 0 aromatic heterocycles. The fourth-order valence-corrected chi connectivity index (χ4v) is 2.52. The number of halogens is 1. The van der Waals surface area contributed by atoms with Crippen molar-refractivity contribution >= 4 is 5.91 Å². The van der Waals surface area contributed by atoms with Gasteiger partial charge in [-0.15, -0.1) is 0 Å². The molecule has 3 N–H and O–H groups in total. The summed E-state index contributed by atoms with van der Waals surface area (Å²) in [6.07, 6.45) is 4.55. The summed E-state index contributed by atoms with van der Waals surface area (Å²) < 4.78 is 19.0. The molecule has 2 rings (SSSR count). The molecule has 0 radical (unpaired) electrons. The molecule has 0 atom stereocenters. The van der Waals surface area contributed by atoms with E-state index >= 15 is 0 Å². The maximum atomic E-state index is 13.5. The van der Waals surface area contributed by atoms with Crippen molar-refractivity contribution in [2.24, 2.45) is 11.7 Å². The number of rotatable bonds is 6. The van der Waals surface area contributed by atoms with E-state index in [-0.39, 0.29) is 5.56 Å². The first-order valence-corrected chi connectivity index (χ1v) is 7.09. The molecule has 1 aliphatic heterocycles. The van der Waals surface area contributed by atoms with E-state index < -0.39 is 11.7 Å². The van der Waals surface area contributed by atoms with E-state index in [2.05, 4.69) is 5.32 Å². The summed E-state index contributed by atoms with van der Waals surface area (Å²) in [6, 6.07) is 4.15. The SMILES string of the molecule is NC(=O)c1ccc(OCCCC2CCNCC2)cc1F. The summed E-state index contributed by atoms with van der Waals surface area (Å²) >= 11 is 0. The topological polar surface area (TPSA) is 64.4 Å². The Morgan fingerprint density at radius 2 is 2.15 bits per heavy atom. The molecule has 1 aromatic carbocycles. The first-order chi connectivity index (χ1) is 9.66. The fourth-order valence-electron chi connectivity index (χ4n) is 2.52. The summed E-state index contributed by atoms with van der Waals surface area (Å²) in [5, 5.41) is 3.34. The van der Waals surface area contributed by atoms with Crippen LogP contribution in [0.15, 0.2) is 18.2 Å². The molecule has 1 aromatic rings. The molecular weight excluding hydrogens is 259 g/mol. The lowest BCUT2D eigenvalue weighted by Crippen LogP contribution is -2.27. The van der Waals surface area contributed by atoms with Crippen molar-refractivity contribution < 1.29 is 13.9 Å². The number of carbonyl (C=O) groups excluding carboxylic acids is 1. The van der Waals surface area contributed by atoms with Crippen molar-refractivity contribution in [1.82, 2.24) is 5.32 Å². The van der Waals surface area contributed by atoms with Gasteiger partial charge in [-0.2, -0.15) is 0 Å². The van der Waals surface area contributed by atoms with Crippen LogP contribution in [0.5, 0.6) is 5.75 Å². The maximum absolute atomic E-state index is 13.5. The fraction of sp³-hybridized carbons (Fsp3) is 0.533. The third-order valence-corrected chi connectivity index (χ3v) is 3.69. The summed E-state index contributed by atoms with van der Waals surface area (Å²) in [5.74, 6) is -0.181. The highest BCUT2D eigenvalue weighted by molar-refractivity contribution is 5.93. The van der Waals surface area contributed by atoms with E-state index in [1.807, 2.05) is 0 Å². The molecule has 4 nitrogen and oxygen atoms in total. The van der Waals surface area contributed by atoms with Crippen LogP contribution in [0, 0.1) is 11.7 Å². The minimum atomic E-state index is -0.764. The molecule has 1 fully saturated rings. The lowest BCUT2D eigenvalue weighted by atomic mass is 9.93. The predicted octanol–water partition coefficient (Wildman–Crippen LogP) is 2.08. The van der Waals surface area contributed by atoms with Crippen LogP contribution >= 0.6 is 0 Å². The first kappa shape index (κ1) is 14.8. The van der Waals surface area contributed by atoms with Gasteiger partial charge < -0.3 is 15.8 Å². The monoisotopic (exact) mass is 280 g/mol. The molecule has 1 aliphatic rings. The molecule has 110 valence electrons. The average Bonchev–Trinajstić information content (AvgIpc) is 2.44. The molecule has 0 saturated carbocycles. The van der Waals surface area contributed by atoms with E-state index in [9.17, 15) is 9.18 Å². The van der Waals surface area contributed by atoms with Gasteiger partial charge in [0, 0.05) is 6.07 Å². The standard InChI is InChI=1S/C15H21FN2O2/c16-14-10-12(3-4-13(14)15(17)19)20-9-1-2-11-5-7-18-8-6-11/h3-4,10-11,18H,1-2,5-9H2,(H2,17,19). The number of nitrogens with one attached hydrogen (secondary N) is 1. The van der Waals surface area contributed by atoms with E-state index in [1.165, 1.54) is 25.0 Å². The third-order valence-electron chi connectivity index (χ3n) is 3.69. The number of ether oxygens (including phenoxy) is 1. The lowest BCUT2D eigenvalue weighted by molar-refractivity contribution is 0.0996. The van der Waals surface area contributed by atoms with Crippen LogP contribution < -0.4 is 15.8 Å². The number of piperidine rings is 1. The Labute approximate surface area is 118 Å². The molecule has 1 heterocycles. The first-order valence-electron chi connectivity index (χ1n) is 7.09. The van der Waals surface area contributed by atoms with Crippen molar-refractivity contribution in [3.63, 3.8) is 0 Å². The number of carbonyl (C=O) groups is 1. The van der Waals surface area contributed by atoms with E-state index in [4.69, 9.17) is 10.5 Å². The van der Waals surface area contributed by atoms with Crippen molar-refractivity contribution in [3.05, 3.63) is 29.6 Å². The van der Waals surface area contributed by atoms with Crippen LogP contribution in [-0.4, -0.2) is 25.6 Å². The smallest absolute Gasteiger partial charge is 0.251 e. The second-order valence-corrected chi connectivity index (χ2v) is 5.19. The quantitative estimate of drug-likeness (QED) is 0.784. The largest absolute Gasteiger partial charge is 0.493 e. The highest BCUT2D eigenvalue weighted by Crippen LogP contribution is 2.19. The molecule has 0 unspecified atom stereocenters. The Morgan fingerprint density at radius 3 is 2.80 bits per heavy atom. The Hall–Kier alpha value is -1.62. The highest BCUT2D eigenvalue weighted by Gasteiger charge is 2.12. The Balaban J connectivity index is 1.73. The van der Waals surface area contributed by atoms with Crippen LogP contribution in [-0.2, 0) is 0 Å².